The number of furan rings is 1. The molecule has 6 aromatic carbocycles. The molecule has 0 saturated heterocycles. The van der Waals surface area contributed by atoms with Crippen molar-refractivity contribution in [1.29, 1.82) is 0 Å². The van der Waals surface area contributed by atoms with Crippen LogP contribution in [0.3, 0.4) is 0 Å². The quantitative estimate of drug-likeness (QED) is 0.224. The summed E-state index contributed by atoms with van der Waals surface area (Å²) in [5.74, 6) is 0. The van der Waals surface area contributed by atoms with Gasteiger partial charge in [-0.1, -0.05) is 97.1 Å². The molecule has 0 N–H and O–H groups in total. The molecule has 0 saturated carbocycles. The van der Waals surface area contributed by atoms with Gasteiger partial charge in [-0.3, -0.25) is 0 Å². The second kappa shape index (κ2) is 7.83. The van der Waals surface area contributed by atoms with Crippen LogP contribution in [-0.2, 0) is 0 Å². The van der Waals surface area contributed by atoms with Gasteiger partial charge in [0.2, 0.25) is 0 Å². The highest BCUT2D eigenvalue weighted by Crippen LogP contribution is 2.45. The number of fused-ring (bicyclic) bond motifs is 9. The van der Waals surface area contributed by atoms with Crippen molar-refractivity contribution >= 4 is 75.3 Å². The van der Waals surface area contributed by atoms with E-state index in [2.05, 4.69) is 126 Å². The van der Waals surface area contributed by atoms with Crippen molar-refractivity contribution in [3.63, 3.8) is 0 Å². The number of para-hydroxylation sites is 4. The van der Waals surface area contributed by atoms with Gasteiger partial charge in [0, 0.05) is 52.8 Å². The molecule has 0 unspecified atom stereocenters. The van der Waals surface area contributed by atoms with E-state index in [-0.39, 0.29) is 0 Å². The Morgan fingerprint density at radius 1 is 0.487 bits per heavy atom. The minimum atomic E-state index is 0.928. The molecular weight excluding hydrogens is 494 g/mol. The van der Waals surface area contributed by atoms with Gasteiger partial charge >= 0.3 is 0 Å². The highest BCUT2D eigenvalue weighted by atomic mass is 32.1. The zero-order valence-electron chi connectivity index (χ0n) is 20.9. The summed E-state index contributed by atoms with van der Waals surface area (Å²) in [6, 6.07) is 45.7. The SMILES string of the molecule is c1ccc2c(c1)oc1c(-c3cccc4c3sc3cccc(-n5c6ccccc6c6ccccc65)c34)cccc12. The van der Waals surface area contributed by atoms with E-state index in [0.717, 1.165) is 27.5 Å². The molecule has 3 heterocycles. The lowest BCUT2D eigenvalue weighted by Gasteiger charge is -2.10. The molecule has 0 aliphatic carbocycles. The summed E-state index contributed by atoms with van der Waals surface area (Å²) in [4.78, 5) is 0. The fourth-order valence-electron chi connectivity index (χ4n) is 6.37. The predicted molar refractivity (Wildman–Crippen MR) is 166 cm³/mol. The Morgan fingerprint density at radius 2 is 1.10 bits per heavy atom. The van der Waals surface area contributed by atoms with E-state index < -0.39 is 0 Å². The Labute approximate surface area is 227 Å². The molecule has 0 bridgehead atoms. The lowest BCUT2D eigenvalue weighted by molar-refractivity contribution is 0.670. The number of hydrogen-bond acceptors (Lipinski definition) is 2. The van der Waals surface area contributed by atoms with Crippen molar-refractivity contribution in [3.8, 4) is 16.8 Å². The Hall–Kier alpha value is -4.86. The standard InChI is InChI=1S/C36H21NOS/c1-4-17-29-22(10-1)23-11-2-5-18-30(23)37(29)31-19-9-21-33-34(31)28-16-8-15-27(36(28)39-33)26-14-7-13-25-24-12-3-6-20-32(24)38-35(25)26/h1-21H. The Kier molecular flexibility index (Phi) is 4.24. The maximum Gasteiger partial charge on any atom is 0.143 e. The summed E-state index contributed by atoms with van der Waals surface area (Å²) in [6.45, 7) is 0. The van der Waals surface area contributed by atoms with Gasteiger partial charge in [0.15, 0.2) is 0 Å². The number of benzene rings is 6. The van der Waals surface area contributed by atoms with Crippen LogP contribution in [0.5, 0.6) is 0 Å². The van der Waals surface area contributed by atoms with Gasteiger partial charge in [-0.25, -0.2) is 0 Å². The minimum absolute atomic E-state index is 0.928. The zero-order valence-corrected chi connectivity index (χ0v) is 21.7. The average Bonchev–Trinajstić information content (AvgIpc) is 3.67. The summed E-state index contributed by atoms with van der Waals surface area (Å²) < 4.78 is 11.4. The molecule has 0 spiro atoms. The largest absolute Gasteiger partial charge is 0.455 e. The van der Waals surface area contributed by atoms with Crippen molar-refractivity contribution in [1.82, 2.24) is 4.57 Å². The molecule has 9 aromatic rings. The van der Waals surface area contributed by atoms with E-state index in [1.807, 2.05) is 17.4 Å². The summed E-state index contributed by atoms with van der Waals surface area (Å²) >= 11 is 1.87. The highest BCUT2D eigenvalue weighted by Gasteiger charge is 2.19. The molecule has 182 valence electrons. The van der Waals surface area contributed by atoms with Crippen molar-refractivity contribution in [2.75, 3.05) is 0 Å². The first-order chi connectivity index (χ1) is 19.4. The van der Waals surface area contributed by atoms with Gasteiger partial charge in [0.05, 0.1) is 16.7 Å². The molecule has 9 rings (SSSR count). The van der Waals surface area contributed by atoms with Crippen molar-refractivity contribution in [3.05, 3.63) is 127 Å². The molecular formula is C36H21NOS. The summed E-state index contributed by atoms with van der Waals surface area (Å²) in [5, 5.41) is 7.45. The van der Waals surface area contributed by atoms with Crippen LogP contribution in [0.4, 0.5) is 0 Å². The van der Waals surface area contributed by atoms with Crippen LogP contribution in [0.25, 0.3) is 80.7 Å². The average molecular weight is 516 g/mol. The second-order valence-corrected chi connectivity index (χ2v) is 11.1. The molecule has 0 radical (unpaired) electrons. The van der Waals surface area contributed by atoms with Gasteiger partial charge in [-0.05, 0) is 30.3 Å². The molecule has 3 aromatic heterocycles. The molecule has 0 aliphatic rings. The fraction of sp³-hybridized carbons (Fsp3) is 0. The molecule has 3 heteroatoms. The zero-order chi connectivity index (χ0) is 25.5. The number of rotatable bonds is 2. The van der Waals surface area contributed by atoms with Crippen LogP contribution < -0.4 is 0 Å². The third-order valence-corrected chi connectivity index (χ3v) is 9.22. The fourth-order valence-corrected chi connectivity index (χ4v) is 7.62. The number of hydrogen-bond donors (Lipinski definition) is 0. The first kappa shape index (κ1) is 21.1. The lowest BCUT2D eigenvalue weighted by atomic mass is 10.00. The van der Waals surface area contributed by atoms with Crippen LogP contribution in [0.1, 0.15) is 0 Å². The molecule has 0 amide bonds. The topological polar surface area (TPSA) is 18.1 Å². The second-order valence-electron chi connectivity index (χ2n) is 10.1. The van der Waals surface area contributed by atoms with Crippen molar-refractivity contribution in [2.24, 2.45) is 0 Å². The van der Waals surface area contributed by atoms with E-state index in [4.69, 9.17) is 4.42 Å². The molecule has 39 heavy (non-hydrogen) atoms. The van der Waals surface area contributed by atoms with Gasteiger partial charge in [-0.15, -0.1) is 11.3 Å². The van der Waals surface area contributed by atoms with E-state index >= 15 is 0 Å². The van der Waals surface area contributed by atoms with Gasteiger partial charge < -0.3 is 8.98 Å². The summed E-state index contributed by atoms with van der Waals surface area (Å²) in [6.07, 6.45) is 0. The minimum Gasteiger partial charge on any atom is -0.455 e. The van der Waals surface area contributed by atoms with Crippen LogP contribution in [-0.4, -0.2) is 4.57 Å². The van der Waals surface area contributed by atoms with E-state index in [9.17, 15) is 0 Å². The normalized spacial score (nSPS) is 12.1. The highest BCUT2D eigenvalue weighted by molar-refractivity contribution is 7.26. The Morgan fingerprint density at radius 3 is 1.90 bits per heavy atom. The first-order valence-electron chi connectivity index (χ1n) is 13.2. The summed E-state index contributed by atoms with van der Waals surface area (Å²) in [5.41, 5.74) is 7.91. The first-order valence-corrected chi connectivity index (χ1v) is 14.0. The van der Waals surface area contributed by atoms with Gasteiger partial charge in [0.25, 0.3) is 0 Å². The molecule has 0 fully saturated rings. The van der Waals surface area contributed by atoms with Crippen LogP contribution in [0.15, 0.2) is 132 Å². The summed E-state index contributed by atoms with van der Waals surface area (Å²) in [7, 11) is 0. The maximum atomic E-state index is 6.44. The molecule has 2 nitrogen and oxygen atoms in total. The molecule has 0 aliphatic heterocycles. The monoisotopic (exact) mass is 515 g/mol. The Balaban J connectivity index is 1.38. The third-order valence-electron chi connectivity index (χ3n) is 8.02. The third kappa shape index (κ3) is 2.85. The van der Waals surface area contributed by atoms with E-state index in [1.165, 1.54) is 53.2 Å². The van der Waals surface area contributed by atoms with Crippen molar-refractivity contribution in [2.45, 2.75) is 0 Å². The van der Waals surface area contributed by atoms with E-state index in [1.54, 1.807) is 0 Å². The number of thiophene rings is 1. The smallest absolute Gasteiger partial charge is 0.143 e. The maximum absolute atomic E-state index is 6.44. The Bertz CT molecular complexity index is 2350. The number of aromatic nitrogens is 1. The van der Waals surface area contributed by atoms with E-state index in [0.29, 0.717) is 0 Å². The van der Waals surface area contributed by atoms with Gasteiger partial charge in [0.1, 0.15) is 11.2 Å². The van der Waals surface area contributed by atoms with Crippen LogP contribution in [0.2, 0.25) is 0 Å². The van der Waals surface area contributed by atoms with Crippen molar-refractivity contribution < 1.29 is 4.42 Å². The van der Waals surface area contributed by atoms with Gasteiger partial charge in [-0.2, -0.15) is 0 Å². The predicted octanol–water partition coefficient (Wildman–Crippen LogP) is 10.7. The van der Waals surface area contributed by atoms with Crippen LogP contribution in [0, 0.1) is 0 Å². The molecule has 0 atom stereocenters. The lowest BCUT2D eigenvalue weighted by Crippen LogP contribution is -1.94. The van der Waals surface area contributed by atoms with Crippen LogP contribution >= 0.6 is 11.3 Å². The number of nitrogens with zero attached hydrogens (tertiary/aromatic N) is 1.